The van der Waals surface area contributed by atoms with Crippen LogP contribution in [0.2, 0.25) is 0 Å². The van der Waals surface area contributed by atoms with Crippen LogP contribution in [0.1, 0.15) is 25.8 Å². The number of hydrogen-bond acceptors (Lipinski definition) is 4. The normalized spacial score (nSPS) is 12.4. The Hall–Kier alpha value is -1.84. The van der Waals surface area contributed by atoms with Crippen LogP contribution in [0.25, 0.3) is 11.5 Å². The number of nitrogens with one attached hydrogen (secondary N) is 1. The maximum atomic E-state index is 5.19. The molecule has 0 aliphatic carbocycles. The number of aromatic nitrogens is 2. The van der Waals surface area contributed by atoms with Gasteiger partial charge in [-0.05, 0) is 36.6 Å². The molecular weight excluding hydrogens is 226 g/mol. The molecule has 1 aromatic carbocycles. The monoisotopic (exact) mass is 245 g/mol. The Balaban J connectivity index is 2.10. The van der Waals surface area contributed by atoms with Gasteiger partial charge in [-0.1, -0.05) is 20.3 Å². The van der Waals surface area contributed by atoms with E-state index in [1.54, 1.807) is 0 Å². The Morgan fingerprint density at radius 2 is 2.22 bits per heavy atom. The van der Waals surface area contributed by atoms with E-state index in [4.69, 9.17) is 4.42 Å². The molecule has 0 amide bonds. The number of hydrogen-bond donors (Lipinski definition) is 1. The summed E-state index contributed by atoms with van der Waals surface area (Å²) < 4.78 is 5.19. The van der Waals surface area contributed by atoms with Crippen molar-refractivity contribution in [3.05, 3.63) is 30.2 Å². The van der Waals surface area contributed by atoms with Crippen molar-refractivity contribution in [1.82, 2.24) is 10.2 Å². The molecule has 1 heterocycles. The predicted molar refractivity (Wildman–Crippen MR) is 72.4 cm³/mol. The summed E-state index contributed by atoms with van der Waals surface area (Å²) in [7, 11) is 0. The van der Waals surface area contributed by atoms with Gasteiger partial charge in [0.25, 0.3) is 0 Å². The Kier molecular flexibility index (Phi) is 3.97. The highest BCUT2D eigenvalue weighted by atomic mass is 16.4. The van der Waals surface area contributed by atoms with E-state index in [1.165, 1.54) is 24.1 Å². The molecule has 4 nitrogen and oxygen atoms in total. The summed E-state index contributed by atoms with van der Waals surface area (Å²) in [5.74, 6) is 1.24. The third-order valence-electron chi connectivity index (χ3n) is 3.17. The molecule has 0 bridgehead atoms. The molecule has 1 N–H and O–H groups in total. The van der Waals surface area contributed by atoms with E-state index in [-0.39, 0.29) is 0 Å². The van der Waals surface area contributed by atoms with E-state index in [9.17, 15) is 0 Å². The third-order valence-corrected chi connectivity index (χ3v) is 3.17. The molecule has 0 aliphatic heterocycles. The van der Waals surface area contributed by atoms with Gasteiger partial charge in [-0.2, -0.15) is 0 Å². The molecule has 1 atom stereocenters. The number of nitrogens with zero attached hydrogens (tertiary/aromatic N) is 2. The summed E-state index contributed by atoms with van der Waals surface area (Å²) in [6.45, 7) is 7.53. The van der Waals surface area contributed by atoms with Gasteiger partial charge < -0.3 is 9.73 Å². The van der Waals surface area contributed by atoms with E-state index >= 15 is 0 Å². The fourth-order valence-electron chi connectivity index (χ4n) is 1.72. The van der Waals surface area contributed by atoms with Gasteiger partial charge in [0.2, 0.25) is 12.3 Å². The van der Waals surface area contributed by atoms with E-state index < -0.39 is 0 Å². The lowest BCUT2D eigenvalue weighted by Gasteiger charge is -2.13. The third kappa shape index (κ3) is 2.88. The van der Waals surface area contributed by atoms with Crippen molar-refractivity contribution in [3.8, 4) is 11.5 Å². The van der Waals surface area contributed by atoms with Gasteiger partial charge in [-0.3, -0.25) is 0 Å². The minimum Gasteiger partial charge on any atom is -0.423 e. The topological polar surface area (TPSA) is 51.0 Å². The number of rotatable bonds is 5. The molecule has 0 saturated carbocycles. The SMILES string of the molecule is CCC(C)CNc1ccc(-c2nnco2)cc1C. The van der Waals surface area contributed by atoms with Gasteiger partial charge in [0.05, 0.1) is 0 Å². The summed E-state index contributed by atoms with van der Waals surface area (Å²) in [6.07, 6.45) is 2.53. The molecule has 0 radical (unpaired) electrons. The summed E-state index contributed by atoms with van der Waals surface area (Å²) in [6, 6.07) is 6.13. The van der Waals surface area contributed by atoms with E-state index in [0.717, 1.165) is 12.1 Å². The van der Waals surface area contributed by atoms with Crippen LogP contribution in [0.5, 0.6) is 0 Å². The largest absolute Gasteiger partial charge is 0.423 e. The minimum absolute atomic E-state index is 0.562. The summed E-state index contributed by atoms with van der Waals surface area (Å²) in [5.41, 5.74) is 3.31. The average molecular weight is 245 g/mol. The quantitative estimate of drug-likeness (QED) is 0.875. The zero-order valence-electron chi connectivity index (χ0n) is 11.1. The lowest BCUT2D eigenvalue weighted by molar-refractivity contribution is 0.568. The Bertz CT molecular complexity index is 494. The van der Waals surface area contributed by atoms with Gasteiger partial charge in [0, 0.05) is 17.8 Å². The molecule has 2 aromatic rings. The van der Waals surface area contributed by atoms with Crippen LogP contribution in [-0.2, 0) is 0 Å². The van der Waals surface area contributed by atoms with Crippen molar-refractivity contribution >= 4 is 5.69 Å². The van der Waals surface area contributed by atoms with Crippen LogP contribution >= 0.6 is 0 Å². The molecule has 96 valence electrons. The van der Waals surface area contributed by atoms with Crippen LogP contribution < -0.4 is 5.32 Å². The fraction of sp³-hybridized carbons (Fsp3) is 0.429. The summed E-state index contributed by atoms with van der Waals surface area (Å²) in [5, 5.41) is 11.1. The van der Waals surface area contributed by atoms with Gasteiger partial charge >= 0.3 is 0 Å². The maximum absolute atomic E-state index is 5.19. The zero-order valence-corrected chi connectivity index (χ0v) is 11.1. The van der Waals surface area contributed by atoms with Crippen LogP contribution in [0, 0.1) is 12.8 Å². The van der Waals surface area contributed by atoms with Gasteiger partial charge in [-0.25, -0.2) is 0 Å². The van der Waals surface area contributed by atoms with Crippen LogP contribution in [0.3, 0.4) is 0 Å². The first-order chi connectivity index (χ1) is 8.70. The van der Waals surface area contributed by atoms with Crippen molar-refractivity contribution in [1.29, 1.82) is 0 Å². The summed E-state index contributed by atoms with van der Waals surface area (Å²) >= 11 is 0. The predicted octanol–water partition coefficient (Wildman–Crippen LogP) is 3.50. The second-order valence-corrected chi connectivity index (χ2v) is 4.67. The van der Waals surface area contributed by atoms with Crippen LogP contribution in [-0.4, -0.2) is 16.7 Å². The second-order valence-electron chi connectivity index (χ2n) is 4.67. The first-order valence-corrected chi connectivity index (χ1v) is 6.31. The molecule has 1 aromatic heterocycles. The molecule has 1 unspecified atom stereocenters. The minimum atomic E-state index is 0.562. The van der Waals surface area contributed by atoms with Gasteiger partial charge in [0.1, 0.15) is 0 Å². The number of benzene rings is 1. The van der Waals surface area contributed by atoms with E-state index in [0.29, 0.717) is 11.8 Å². The molecule has 0 saturated heterocycles. The molecule has 0 fully saturated rings. The molecule has 4 heteroatoms. The van der Waals surface area contributed by atoms with E-state index in [1.807, 2.05) is 6.07 Å². The van der Waals surface area contributed by atoms with E-state index in [2.05, 4.69) is 48.4 Å². The zero-order chi connectivity index (χ0) is 13.0. The first-order valence-electron chi connectivity index (χ1n) is 6.31. The highest BCUT2D eigenvalue weighted by Gasteiger charge is 2.06. The molecule has 18 heavy (non-hydrogen) atoms. The molecule has 2 rings (SSSR count). The summed E-state index contributed by atoms with van der Waals surface area (Å²) in [4.78, 5) is 0. The maximum Gasteiger partial charge on any atom is 0.247 e. The van der Waals surface area contributed by atoms with Crippen molar-refractivity contribution in [2.45, 2.75) is 27.2 Å². The molecular formula is C14H19N3O. The van der Waals surface area contributed by atoms with Crippen molar-refractivity contribution in [2.75, 3.05) is 11.9 Å². The highest BCUT2D eigenvalue weighted by molar-refractivity contribution is 5.62. The molecule has 0 aliphatic rings. The Morgan fingerprint density at radius 1 is 1.39 bits per heavy atom. The fourth-order valence-corrected chi connectivity index (χ4v) is 1.72. The van der Waals surface area contributed by atoms with Crippen molar-refractivity contribution in [3.63, 3.8) is 0 Å². The smallest absolute Gasteiger partial charge is 0.247 e. The second kappa shape index (κ2) is 5.67. The van der Waals surface area contributed by atoms with Crippen LogP contribution in [0.4, 0.5) is 5.69 Å². The number of anilines is 1. The van der Waals surface area contributed by atoms with Gasteiger partial charge in [-0.15, -0.1) is 10.2 Å². The lowest BCUT2D eigenvalue weighted by Crippen LogP contribution is -2.10. The van der Waals surface area contributed by atoms with Crippen LogP contribution in [0.15, 0.2) is 29.0 Å². The van der Waals surface area contributed by atoms with Gasteiger partial charge in [0.15, 0.2) is 0 Å². The Morgan fingerprint density at radius 3 is 2.83 bits per heavy atom. The van der Waals surface area contributed by atoms with Crippen molar-refractivity contribution in [2.24, 2.45) is 5.92 Å². The Labute approximate surface area is 107 Å². The first kappa shape index (κ1) is 12.6. The average Bonchev–Trinajstić information content (AvgIpc) is 2.90. The number of aryl methyl sites for hydroxylation is 1. The molecule has 0 spiro atoms. The lowest BCUT2D eigenvalue weighted by atomic mass is 10.1. The highest BCUT2D eigenvalue weighted by Crippen LogP contribution is 2.23. The standard InChI is InChI=1S/C14H19N3O/c1-4-10(2)8-15-13-6-5-12(7-11(13)3)14-17-16-9-18-14/h5-7,9-10,15H,4,8H2,1-3H3. The van der Waals surface area contributed by atoms with Crippen molar-refractivity contribution < 1.29 is 4.42 Å².